The van der Waals surface area contributed by atoms with E-state index in [2.05, 4.69) is 31.3 Å². The van der Waals surface area contributed by atoms with Crippen LogP contribution in [0.4, 0.5) is 0 Å². The summed E-state index contributed by atoms with van der Waals surface area (Å²) < 4.78 is 22.7. The molecule has 1 unspecified atom stereocenters. The Hall–Kier alpha value is -0.390. The molecule has 0 bridgehead atoms. The highest BCUT2D eigenvalue weighted by molar-refractivity contribution is 7.91. The molecule has 1 aromatic heterocycles. The Morgan fingerprint density at radius 1 is 1.39 bits per heavy atom. The van der Waals surface area contributed by atoms with Gasteiger partial charge in [-0.05, 0) is 45.2 Å². The predicted octanol–water partition coefficient (Wildman–Crippen LogP) is 2.15. The minimum absolute atomic E-state index is 0.343. The van der Waals surface area contributed by atoms with Gasteiger partial charge >= 0.3 is 0 Å². The first-order valence-corrected chi connectivity index (χ1v) is 9.10. The van der Waals surface area contributed by atoms with E-state index in [4.69, 9.17) is 0 Å². The van der Waals surface area contributed by atoms with Gasteiger partial charge in [-0.15, -0.1) is 11.3 Å². The topological polar surface area (TPSA) is 46.2 Å². The van der Waals surface area contributed by atoms with Crippen molar-refractivity contribution in [3.8, 4) is 0 Å². The summed E-state index contributed by atoms with van der Waals surface area (Å²) in [7, 11) is -2.74. The first-order chi connectivity index (χ1) is 8.44. The van der Waals surface area contributed by atoms with E-state index in [-0.39, 0.29) is 0 Å². The fraction of sp³-hybridized carbons (Fsp3) is 0.692. The van der Waals surface area contributed by atoms with Crippen LogP contribution in [0.2, 0.25) is 0 Å². The normalized spacial score (nSPS) is 21.9. The van der Waals surface area contributed by atoms with Crippen LogP contribution in [0.15, 0.2) is 12.1 Å². The number of hydrogen-bond acceptors (Lipinski definition) is 4. The van der Waals surface area contributed by atoms with Crippen molar-refractivity contribution in [1.82, 2.24) is 5.32 Å². The van der Waals surface area contributed by atoms with E-state index in [0.29, 0.717) is 23.6 Å². The van der Waals surface area contributed by atoms with Gasteiger partial charge in [0.2, 0.25) is 0 Å². The van der Waals surface area contributed by atoms with Crippen LogP contribution >= 0.6 is 11.3 Å². The van der Waals surface area contributed by atoms with E-state index >= 15 is 0 Å². The standard InChI is InChI=1S/C13H21NO2S2/c1-10(9-13-4-3-11(2)17-13)14-12-5-7-18(15,16)8-6-12/h3-4,10,12,14H,5-9H2,1-2H3. The van der Waals surface area contributed by atoms with E-state index in [1.165, 1.54) is 9.75 Å². The highest BCUT2D eigenvalue weighted by Crippen LogP contribution is 2.18. The van der Waals surface area contributed by atoms with E-state index in [9.17, 15) is 8.42 Å². The summed E-state index contributed by atoms with van der Waals surface area (Å²) in [5.41, 5.74) is 0. The molecule has 0 aliphatic carbocycles. The zero-order valence-electron chi connectivity index (χ0n) is 11.0. The van der Waals surface area contributed by atoms with Crippen LogP contribution < -0.4 is 5.32 Å². The van der Waals surface area contributed by atoms with Crippen LogP contribution in [-0.2, 0) is 16.3 Å². The van der Waals surface area contributed by atoms with Gasteiger partial charge in [0.15, 0.2) is 0 Å². The molecule has 0 saturated carbocycles. The van der Waals surface area contributed by atoms with Gasteiger partial charge in [0.05, 0.1) is 11.5 Å². The maximum atomic E-state index is 11.3. The van der Waals surface area contributed by atoms with Gasteiger partial charge in [-0.25, -0.2) is 8.42 Å². The fourth-order valence-corrected chi connectivity index (χ4v) is 4.93. The van der Waals surface area contributed by atoms with Gasteiger partial charge in [-0.1, -0.05) is 0 Å². The maximum Gasteiger partial charge on any atom is 0.150 e. The third-order valence-corrected chi connectivity index (χ3v) is 6.12. The number of rotatable bonds is 4. The summed E-state index contributed by atoms with van der Waals surface area (Å²) in [6.07, 6.45) is 2.55. The number of thiophene rings is 1. The fourth-order valence-electron chi connectivity index (χ4n) is 2.41. The number of aryl methyl sites for hydroxylation is 1. The zero-order chi connectivity index (χ0) is 13.2. The SMILES string of the molecule is Cc1ccc(CC(C)NC2CCS(=O)(=O)CC2)s1. The van der Waals surface area contributed by atoms with E-state index in [1.807, 2.05) is 11.3 Å². The zero-order valence-corrected chi connectivity index (χ0v) is 12.6. The van der Waals surface area contributed by atoms with Gasteiger partial charge < -0.3 is 5.32 Å². The monoisotopic (exact) mass is 287 g/mol. The molecular weight excluding hydrogens is 266 g/mol. The Morgan fingerprint density at radius 3 is 2.61 bits per heavy atom. The van der Waals surface area contributed by atoms with Crippen LogP contribution in [-0.4, -0.2) is 32.0 Å². The molecule has 1 aliphatic heterocycles. The minimum Gasteiger partial charge on any atom is -0.311 e. The summed E-state index contributed by atoms with van der Waals surface area (Å²) in [6, 6.07) is 5.11. The molecule has 5 heteroatoms. The van der Waals surface area contributed by atoms with Crippen LogP contribution in [0.5, 0.6) is 0 Å². The molecule has 2 heterocycles. The van der Waals surface area contributed by atoms with Crippen LogP contribution in [0.1, 0.15) is 29.5 Å². The molecule has 0 spiro atoms. The number of sulfone groups is 1. The highest BCUT2D eigenvalue weighted by atomic mass is 32.2. The molecule has 1 fully saturated rings. The highest BCUT2D eigenvalue weighted by Gasteiger charge is 2.24. The van der Waals surface area contributed by atoms with Gasteiger partial charge in [-0.2, -0.15) is 0 Å². The molecule has 0 radical (unpaired) electrons. The van der Waals surface area contributed by atoms with Crippen molar-refractivity contribution in [2.75, 3.05) is 11.5 Å². The summed E-state index contributed by atoms with van der Waals surface area (Å²) in [6.45, 7) is 4.30. The van der Waals surface area contributed by atoms with Crippen molar-refractivity contribution in [2.24, 2.45) is 0 Å². The molecule has 0 aromatic carbocycles. The first-order valence-electron chi connectivity index (χ1n) is 6.46. The first kappa shape index (κ1) is 14.0. The lowest BCUT2D eigenvalue weighted by Gasteiger charge is -2.26. The van der Waals surface area contributed by atoms with Crippen molar-refractivity contribution < 1.29 is 8.42 Å². The Bertz CT molecular complexity index is 479. The summed E-state index contributed by atoms with van der Waals surface area (Å²) in [5, 5.41) is 3.56. The number of nitrogens with one attached hydrogen (secondary N) is 1. The third-order valence-electron chi connectivity index (χ3n) is 3.38. The van der Waals surface area contributed by atoms with Crippen LogP contribution in [0.25, 0.3) is 0 Å². The van der Waals surface area contributed by atoms with Gasteiger partial charge in [0.1, 0.15) is 9.84 Å². The van der Waals surface area contributed by atoms with Gasteiger partial charge in [0.25, 0.3) is 0 Å². The molecule has 3 nitrogen and oxygen atoms in total. The largest absolute Gasteiger partial charge is 0.311 e. The molecule has 18 heavy (non-hydrogen) atoms. The van der Waals surface area contributed by atoms with Crippen molar-refractivity contribution in [3.63, 3.8) is 0 Å². The number of hydrogen-bond donors (Lipinski definition) is 1. The van der Waals surface area contributed by atoms with E-state index < -0.39 is 9.84 Å². The molecule has 102 valence electrons. The molecule has 1 aromatic rings. The second-order valence-electron chi connectivity index (χ2n) is 5.21. The maximum absolute atomic E-state index is 11.3. The van der Waals surface area contributed by atoms with E-state index in [0.717, 1.165) is 19.3 Å². The van der Waals surface area contributed by atoms with Crippen LogP contribution in [0.3, 0.4) is 0 Å². The summed E-state index contributed by atoms with van der Waals surface area (Å²) >= 11 is 1.84. The third kappa shape index (κ3) is 4.07. The quantitative estimate of drug-likeness (QED) is 0.923. The molecule has 0 amide bonds. The lowest BCUT2D eigenvalue weighted by Crippen LogP contribution is -2.42. The van der Waals surface area contributed by atoms with Crippen molar-refractivity contribution in [1.29, 1.82) is 0 Å². The average molecular weight is 287 g/mol. The molecule has 1 aliphatic rings. The Kier molecular flexibility index (Phi) is 4.45. The van der Waals surface area contributed by atoms with Crippen LogP contribution in [0, 0.1) is 6.92 Å². The molecule has 1 N–H and O–H groups in total. The summed E-state index contributed by atoms with van der Waals surface area (Å²) in [4.78, 5) is 2.75. The Labute approximate surface area is 114 Å². The van der Waals surface area contributed by atoms with Crippen molar-refractivity contribution >= 4 is 21.2 Å². The molecule has 1 atom stereocenters. The minimum atomic E-state index is -2.74. The predicted molar refractivity (Wildman–Crippen MR) is 77.0 cm³/mol. The smallest absolute Gasteiger partial charge is 0.150 e. The second-order valence-corrected chi connectivity index (χ2v) is 8.89. The lowest BCUT2D eigenvalue weighted by atomic mass is 10.1. The van der Waals surface area contributed by atoms with E-state index in [1.54, 1.807) is 0 Å². The second kappa shape index (κ2) is 5.72. The molecular formula is C13H21NO2S2. The lowest BCUT2D eigenvalue weighted by molar-refractivity contribution is 0.412. The van der Waals surface area contributed by atoms with Gasteiger partial charge in [-0.3, -0.25) is 0 Å². The molecule has 1 saturated heterocycles. The summed E-state index contributed by atoms with van der Waals surface area (Å²) in [5.74, 6) is 0.686. The Balaban J connectivity index is 1.80. The van der Waals surface area contributed by atoms with Gasteiger partial charge in [0, 0.05) is 21.8 Å². The molecule has 2 rings (SSSR count). The Morgan fingerprint density at radius 2 is 2.06 bits per heavy atom. The average Bonchev–Trinajstić information content (AvgIpc) is 2.67. The van der Waals surface area contributed by atoms with Crippen molar-refractivity contribution in [2.45, 2.75) is 45.2 Å². The van der Waals surface area contributed by atoms with Crippen molar-refractivity contribution in [3.05, 3.63) is 21.9 Å².